The Balaban J connectivity index is 1.73. The summed E-state index contributed by atoms with van der Waals surface area (Å²) in [5.41, 5.74) is 11.7. The molecule has 1 saturated carbocycles. The Bertz CT molecular complexity index is 648. The van der Waals surface area contributed by atoms with Crippen LogP contribution in [0, 0.1) is 11.8 Å². The van der Waals surface area contributed by atoms with E-state index in [1.807, 2.05) is 0 Å². The Kier molecular flexibility index (Phi) is 4.53. The highest BCUT2D eigenvalue weighted by atomic mass is 16.6. The van der Waals surface area contributed by atoms with E-state index in [2.05, 4.69) is 0 Å². The van der Waals surface area contributed by atoms with Crippen molar-refractivity contribution >= 4 is 17.8 Å². The molecule has 3 rings (SSSR count). The van der Waals surface area contributed by atoms with Crippen LogP contribution in [0.3, 0.4) is 0 Å². The molecule has 128 valence electrons. The van der Waals surface area contributed by atoms with Gasteiger partial charge >= 0.3 is 11.9 Å². The van der Waals surface area contributed by atoms with Crippen molar-refractivity contribution in [2.45, 2.75) is 37.5 Å². The van der Waals surface area contributed by atoms with Gasteiger partial charge in [-0.3, -0.25) is 9.59 Å². The summed E-state index contributed by atoms with van der Waals surface area (Å²) in [5.74, 6) is -1.59. The van der Waals surface area contributed by atoms with E-state index in [0.29, 0.717) is 12.0 Å². The first-order chi connectivity index (χ1) is 11.5. The highest BCUT2D eigenvalue weighted by molar-refractivity contribution is 5.89. The first kappa shape index (κ1) is 16.4. The summed E-state index contributed by atoms with van der Waals surface area (Å²) in [6.07, 6.45) is -0.356. The average molecular weight is 332 g/mol. The molecule has 2 aliphatic rings. The van der Waals surface area contributed by atoms with Crippen LogP contribution in [0.4, 0.5) is 0 Å². The van der Waals surface area contributed by atoms with Crippen molar-refractivity contribution in [3.8, 4) is 0 Å². The molecular weight excluding hydrogens is 312 g/mol. The minimum absolute atomic E-state index is 0.0292. The van der Waals surface area contributed by atoms with Crippen molar-refractivity contribution in [1.82, 2.24) is 0 Å². The minimum Gasteiger partial charge on any atom is -0.458 e. The fourth-order valence-corrected chi connectivity index (χ4v) is 3.69. The lowest BCUT2D eigenvalue weighted by Crippen LogP contribution is -2.37. The zero-order valence-corrected chi connectivity index (χ0v) is 13.1. The van der Waals surface area contributed by atoms with Crippen molar-refractivity contribution in [2.24, 2.45) is 23.3 Å². The molecule has 1 aromatic carbocycles. The summed E-state index contributed by atoms with van der Waals surface area (Å²) < 4.78 is 10.9. The molecule has 1 aliphatic carbocycles. The molecular formula is C17H20N2O5. The maximum Gasteiger partial charge on any atom is 0.338 e. The second kappa shape index (κ2) is 6.60. The lowest BCUT2D eigenvalue weighted by molar-refractivity contribution is -0.145. The van der Waals surface area contributed by atoms with Crippen LogP contribution in [0.1, 0.15) is 29.6 Å². The van der Waals surface area contributed by atoms with Crippen LogP contribution in [0.25, 0.3) is 0 Å². The van der Waals surface area contributed by atoms with E-state index < -0.39 is 30.1 Å². The van der Waals surface area contributed by atoms with Crippen molar-refractivity contribution in [1.29, 1.82) is 0 Å². The first-order valence-electron chi connectivity index (χ1n) is 7.95. The van der Waals surface area contributed by atoms with E-state index >= 15 is 0 Å². The Morgan fingerprint density at radius 1 is 1.29 bits per heavy atom. The third kappa shape index (κ3) is 3.26. The van der Waals surface area contributed by atoms with E-state index in [1.54, 1.807) is 30.3 Å². The van der Waals surface area contributed by atoms with Crippen molar-refractivity contribution < 1.29 is 23.9 Å². The van der Waals surface area contributed by atoms with E-state index in [9.17, 15) is 14.4 Å². The van der Waals surface area contributed by atoms with Gasteiger partial charge in [-0.2, -0.15) is 0 Å². The summed E-state index contributed by atoms with van der Waals surface area (Å²) in [6.45, 7) is 0. The average Bonchev–Trinajstić information content (AvgIpc) is 3.06. The zero-order chi connectivity index (χ0) is 17.3. The van der Waals surface area contributed by atoms with Crippen LogP contribution < -0.4 is 11.5 Å². The Morgan fingerprint density at radius 2 is 2.00 bits per heavy atom. The number of carbonyl (C=O) groups excluding carboxylic acids is 3. The second-order valence-corrected chi connectivity index (χ2v) is 6.37. The molecule has 1 amide bonds. The summed E-state index contributed by atoms with van der Waals surface area (Å²) in [6, 6.07) is 8.13. The van der Waals surface area contributed by atoms with Crippen LogP contribution in [-0.2, 0) is 19.1 Å². The summed E-state index contributed by atoms with van der Waals surface area (Å²) in [4.78, 5) is 35.0. The molecule has 7 nitrogen and oxygen atoms in total. The van der Waals surface area contributed by atoms with E-state index in [0.717, 1.165) is 0 Å². The molecule has 0 spiro atoms. The molecule has 0 aromatic heterocycles. The van der Waals surface area contributed by atoms with Gasteiger partial charge < -0.3 is 20.9 Å². The largest absolute Gasteiger partial charge is 0.458 e. The van der Waals surface area contributed by atoms with Gasteiger partial charge in [0.25, 0.3) is 0 Å². The van der Waals surface area contributed by atoms with Gasteiger partial charge in [0.05, 0.1) is 12.0 Å². The van der Waals surface area contributed by atoms with Crippen LogP contribution in [-0.4, -0.2) is 36.1 Å². The number of benzene rings is 1. The van der Waals surface area contributed by atoms with Crippen molar-refractivity contribution in [3.63, 3.8) is 0 Å². The third-order valence-corrected chi connectivity index (χ3v) is 4.77. The lowest BCUT2D eigenvalue weighted by Gasteiger charge is -2.21. The molecule has 2 fully saturated rings. The zero-order valence-electron chi connectivity index (χ0n) is 13.1. The number of amides is 1. The normalized spacial score (nSPS) is 29.6. The molecule has 1 aliphatic heterocycles. The monoisotopic (exact) mass is 332 g/mol. The molecule has 1 saturated heterocycles. The number of nitrogens with two attached hydrogens (primary N) is 2. The van der Waals surface area contributed by atoms with E-state index in [4.69, 9.17) is 20.9 Å². The summed E-state index contributed by atoms with van der Waals surface area (Å²) >= 11 is 0. The number of primary amides is 1. The number of hydrogen-bond acceptors (Lipinski definition) is 6. The van der Waals surface area contributed by atoms with Crippen LogP contribution >= 0.6 is 0 Å². The smallest absolute Gasteiger partial charge is 0.338 e. The lowest BCUT2D eigenvalue weighted by atomic mass is 9.86. The molecule has 1 unspecified atom stereocenters. The SMILES string of the molecule is NC(=O)CC(N)[C@H]1C[C@H](OC(=O)c2ccccc2)[C@@H]2OC(=O)C[C@@H]21. The summed E-state index contributed by atoms with van der Waals surface area (Å²) in [5, 5.41) is 0. The fraction of sp³-hybridized carbons (Fsp3) is 0.471. The molecule has 1 heterocycles. The third-order valence-electron chi connectivity index (χ3n) is 4.77. The molecule has 0 radical (unpaired) electrons. The molecule has 1 aromatic rings. The van der Waals surface area contributed by atoms with Gasteiger partial charge in [0.1, 0.15) is 12.2 Å². The summed E-state index contributed by atoms with van der Waals surface area (Å²) in [7, 11) is 0. The van der Waals surface area contributed by atoms with Crippen molar-refractivity contribution in [2.75, 3.05) is 0 Å². The van der Waals surface area contributed by atoms with E-state index in [1.165, 1.54) is 0 Å². The Hall–Kier alpha value is -2.41. The highest BCUT2D eigenvalue weighted by Crippen LogP contribution is 2.44. The van der Waals surface area contributed by atoms with E-state index in [-0.39, 0.29) is 30.6 Å². The maximum absolute atomic E-state index is 12.3. The van der Waals surface area contributed by atoms with Gasteiger partial charge in [-0.15, -0.1) is 0 Å². The predicted molar refractivity (Wildman–Crippen MR) is 83.5 cm³/mol. The topological polar surface area (TPSA) is 122 Å². The Morgan fingerprint density at radius 3 is 2.67 bits per heavy atom. The van der Waals surface area contributed by atoms with Gasteiger partial charge in [-0.1, -0.05) is 18.2 Å². The molecule has 4 N–H and O–H groups in total. The molecule has 0 bridgehead atoms. The first-order valence-corrected chi connectivity index (χ1v) is 7.95. The second-order valence-electron chi connectivity index (χ2n) is 6.37. The fourth-order valence-electron chi connectivity index (χ4n) is 3.69. The number of hydrogen-bond donors (Lipinski definition) is 2. The highest BCUT2D eigenvalue weighted by Gasteiger charge is 2.54. The van der Waals surface area contributed by atoms with Crippen molar-refractivity contribution in [3.05, 3.63) is 35.9 Å². The van der Waals surface area contributed by atoms with Gasteiger partial charge in [-0.25, -0.2) is 4.79 Å². The van der Waals surface area contributed by atoms with Gasteiger partial charge in [0.2, 0.25) is 5.91 Å². The Labute approximate surface area is 139 Å². The minimum atomic E-state index is -0.557. The quantitative estimate of drug-likeness (QED) is 0.751. The van der Waals surface area contributed by atoms with Crippen LogP contribution in [0.15, 0.2) is 30.3 Å². The number of fused-ring (bicyclic) bond motifs is 1. The maximum atomic E-state index is 12.3. The number of ether oxygens (including phenoxy) is 2. The van der Waals surface area contributed by atoms with Crippen LogP contribution in [0.5, 0.6) is 0 Å². The number of carbonyl (C=O) groups is 3. The molecule has 24 heavy (non-hydrogen) atoms. The standard InChI is InChI=1S/C17H20N2O5/c18-12(8-14(19)20)10-6-13(16-11(10)7-15(21)24-16)23-17(22)9-4-2-1-3-5-9/h1-5,10-13,16H,6-8,18H2,(H2,19,20)/t10-,11+,12?,13-,16+/m0/s1. The molecule has 7 heteroatoms. The number of esters is 2. The van der Waals surface area contributed by atoms with Crippen LogP contribution in [0.2, 0.25) is 0 Å². The number of rotatable bonds is 5. The van der Waals surface area contributed by atoms with Gasteiger partial charge in [0, 0.05) is 18.4 Å². The predicted octanol–water partition coefficient (Wildman–Crippen LogP) is 0.366. The molecule has 5 atom stereocenters. The van der Waals surface area contributed by atoms with Gasteiger partial charge in [-0.05, 0) is 24.5 Å². The van der Waals surface area contributed by atoms with Gasteiger partial charge in [0.15, 0.2) is 0 Å².